The molecule has 1 aromatic heterocycles. The highest BCUT2D eigenvalue weighted by Crippen LogP contribution is 2.35. The van der Waals surface area contributed by atoms with Crippen LogP contribution in [-0.4, -0.2) is 37.5 Å². The summed E-state index contributed by atoms with van der Waals surface area (Å²) in [5.74, 6) is 0.939. The van der Waals surface area contributed by atoms with E-state index in [-0.39, 0.29) is 5.54 Å². The van der Waals surface area contributed by atoms with Crippen molar-refractivity contribution in [3.8, 4) is 0 Å². The molecule has 1 aliphatic carbocycles. The summed E-state index contributed by atoms with van der Waals surface area (Å²) in [5.41, 5.74) is 0.139. The predicted octanol–water partition coefficient (Wildman–Crippen LogP) is 3.12. The lowest BCUT2D eigenvalue weighted by atomic mass is 9.87. The zero-order valence-electron chi connectivity index (χ0n) is 13.8. The van der Waals surface area contributed by atoms with E-state index in [1.165, 1.54) is 32.1 Å². The third kappa shape index (κ3) is 5.58. The minimum atomic E-state index is 0.139. The molecule has 0 bridgehead atoms. The van der Waals surface area contributed by atoms with Crippen LogP contribution in [0.1, 0.15) is 59.8 Å². The van der Waals surface area contributed by atoms with Gasteiger partial charge in [-0.1, -0.05) is 25.1 Å². The first-order valence-corrected chi connectivity index (χ1v) is 9.03. The Hall–Kier alpha value is -0.620. The molecule has 1 aromatic rings. The van der Waals surface area contributed by atoms with Gasteiger partial charge in [0.2, 0.25) is 5.16 Å². The van der Waals surface area contributed by atoms with Gasteiger partial charge in [-0.15, -0.1) is 5.10 Å². The number of nitrogens with one attached hydrogen (secondary N) is 1. The molecule has 0 aliphatic heterocycles. The number of aromatic nitrogens is 4. The summed E-state index contributed by atoms with van der Waals surface area (Å²) in [7, 11) is 0. The second-order valence-electron chi connectivity index (χ2n) is 7.03. The highest BCUT2D eigenvalue weighted by Gasteiger charge is 2.23. The molecule has 1 N–H and O–H groups in total. The number of thioether (sulfide) groups is 1. The molecule has 0 unspecified atom stereocenters. The van der Waals surface area contributed by atoms with Crippen LogP contribution >= 0.6 is 11.8 Å². The van der Waals surface area contributed by atoms with E-state index in [4.69, 9.17) is 0 Å². The van der Waals surface area contributed by atoms with Crippen molar-refractivity contribution in [2.45, 2.75) is 82.3 Å². The fraction of sp³-hybridized carbons (Fsp3) is 0.933. The van der Waals surface area contributed by atoms with Crippen LogP contribution in [0.4, 0.5) is 0 Å². The molecular weight excluding hydrogens is 282 g/mol. The van der Waals surface area contributed by atoms with Crippen molar-refractivity contribution >= 4 is 11.8 Å². The highest BCUT2D eigenvalue weighted by molar-refractivity contribution is 7.99. The Morgan fingerprint density at radius 2 is 1.95 bits per heavy atom. The molecule has 120 valence electrons. The van der Waals surface area contributed by atoms with Crippen LogP contribution < -0.4 is 5.32 Å². The van der Waals surface area contributed by atoms with Crippen LogP contribution in [0, 0.1) is 5.92 Å². The molecule has 6 heteroatoms. The predicted molar refractivity (Wildman–Crippen MR) is 87.5 cm³/mol. The topological polar surface area (TPSA) is 55.6 Å². The average Bonchev–Trinajstić information content (AvgIpc) is 2.86. The van der Waals surface area contributed by atoms with Crippen molar-refractivity contribution in [3.05, 3.63) is 0 Å². The molecule has 1 aliphatic rings. The molecule has 0 spiro atoms. The zero-order valence-corrected chi connectivity index (χ0v) is 14.6. The number of hydrogen-bond acceptors (Lipinski definition) is 5. The zero-order chi connectivity index (χ0) is 15.3. The lowest BCUT2D eigenvalue weighted by molar-refractivity contribution is 0.355. The Kier molecular flexibility index (Phi) is 6.05. The maximum absolute atomic E-state index is 4.20. The van der Waals surface area contributed by atoms with E-state index in [1.54, 1.807) is 0 Å². The number of rotatable bonds is 6. The van der Waals surface area contributed by atoms with Crippen molar-refractivity contribution in [1.82, 2.24) is 25.5 Å². The summed E-state index contributed by atoms with van der Waals surface area (Å²) in [6.45, 7) is 10.6. The fourth-order valence-electron chi connectivity index (χ4n) is 2.77. The standard InChI is InChI=1S/C15H29N5S/c1-5-12-6-8-13(9-7-12)21-14-17-18-19-20(14)11-10-16-15(2,3)4/h12-13,16H,5-11H2,1-4H3. The molecule has 1 saturated carbocycles. The third-order valence-corrected chi connectivity index (χ3v) is 5.43. The third-order valence-electron chi connectivity index (χ3n) is 4.12. The molecule has 0 aromatic carbocycles. The molecule has 21 heavy (non-hydrogen) atoms. The highest BCUT2D eigenvalue weighted by atomic mass is 32.2. The van der Waals surface area contributed by atoms with E-state index >= 15 is 0 Å². The van der Waals surface area contributed by atoms with Gasteiger partial charge >= 0.3 is 0 Å². The lowest BCUT2D eigenvalue weighted by Crippen LogP contribution is -2.38. The summed E-state index contributed by atoms with van der Waals surface area (Å²) in [5, 5.41) is 17.3. The molecule has 1 fully saturated rings. The summed E-state index contributed by atoms with van der Waals surface area (Å²) in [6.07, 6.45) is 6.66. The Morgan fingerprint density at radius 3 is 2.57 bits per heavy atom. The SMILES string of the molecule is CCC1CCC(Sc2nnnn2CCNC(C)(C)C)CC1. The Balaban J connectivity index is 1.80. The van der Waals surface area contributed by atoms with Gasteiger partial charge in [-0.05, 0) is 62.8 Å². The molecule has 2 rings (SSSR count). The first-order valence-electron chi connectivity index (χ1n) is 8.16. The summed E-state index contributed by atoms with van der Waals surface area (Å²) < 4.78 is 1.94. The lowest BCUT2D eigenvalue weighted by Gasteiger charge is -2.26. The maximum Gasteiger partial charge on any atom is 0.209 e. The number of tetrazole rings is 1. The van der Waals surface area contributed by atoms with Crippen LogP contribution in [0.3, 0.4) is 0 Å². The molecule has 1 heterocycles. The molecular formula is C15H29N5S. The largest absolute Gasteiger partial charge is 0.310 e. The van der Waals surface area contributed by atoms with Gasteiger partial charge in [0, 0.05) is 17.3 Å². The van der Waals surface area contributed by atoms with Gasteiger partial charge in [-0.3, -0.25) is 0 Å². The van der Waals surface area contributed by atoms with Crippen LogP contribution in [0.15, 0.2) is 5.16 Å². The fourth-order valence-corrected chi connectivity index (χ4v) is 3.90. The van der Waals surface area contributed by atoms with Gasteiger partial charge in [0.1, 0.15) is 0 Å². The minimum absolute atomic E-state index is 0.139. The maximum atomic E-state index is 4.20. The smallest absolute Gasteiger partial charge is 0.209 e. The summed E-state index contributed by atoms with van der Waals surface area (Å²) in [4.78, 5) is 0. The number of nitrogens with zero attached hydrogens (tertiary/aromatic N) is 4. The minimum Gasteiger partial charge on any atom is -0.310 e. The van der Waals surface area contributed by atoms with Crippen LogP contribution in [0.5, 0.6) is 0 Å². The van der Waals surface area contributed by atoms with Crippen molar-refractivity contribution in [3.63, 3.8) is 0 Å². The van der Waals surface area contributed by atoms with Gasteiger partial charge in [0.15, 0.2) is 0 Å². The van der Waals surface area contributed by atoms with Crippen LogP contribution in [0.2, 0.25) is 0 Å². The second kappa shape index (κ2) is 7.58. The first-order chi connectivity index (χ1) is 9.98. The van der Waals surface area contributed by atoms with E-state index in [2.05, 4.69) is 48.5 Å². The normalized spacial score (nSPS) is 23.4. The molecule has 5 nitrogen and oxygen atoms in total. The quantitative estimate of drug-likeness (QED) is 0.875. The molecule has 0 atom stereocenters. The molecule has 0 saturated heterocycles. The van der Waals surface area contributed by atoms with Gasteiger partial charge in [-0.25, -0.2) is 4.68 Å². The van der Waals surface area contributed by atoms with Crippen LogP contribution in [-0.2, 0) is 6.54 Å². The van der Waals surface area contributed by atoms with Gasteiger partial charge in [-0.2, -0.15) is 0 Å². The van der Waals surface area contributed by atoms with Gasteiger partial charge in [0.05, 0.1) is 6.54 Å². The Bertz CT molecular complexity index is 418. The van der Waals surface area contributed by atoms with E-state index in [9.17, 15) is 0 Å². The van der Waals surface area contributed by atoms with Gasteiger partial charge < -0.3 is 5.32 Å². The number of hydrogen-bond donors (Lipinski definition) is 1. The van der Waals surface area contributed by atoms with Crippen molar-refractivity contribution in [2.24, 2.45) is 5.92 Å². The summed E-state index contributed by atoms with van der Waals surface area (Å²) >= 11 is 1.87. The van der Waals surface area contributed by atoms with Crippen molar-refractivity contribution in [1.29, 1.82) is 0 Å². The van der Waals surface area contributed by atoms with E-state index in [1.807, 2.05) is 16.4 Å². The summed E-state index contributed by atoms with van der Waals surface area (Å²) in [6, 6.07) is 0. The van der Waals surface area contributed by atoms with E-state index in [0.29, 0.717) is 5.25 Å². The Labute approximate surface area is 132 Å². The van der Waals surface area contributed by atoms with Crippen molar-refractivity contribution < 1.29 is 0 Å². The second-order valence-corrected chi connectivity index (χ2v) is 8.30. The van der Waals surface area contributed by atoms with E-state index < -0.39 is 0 Å². The monoisotopic (exact) mass is 311 g/mol. The Morgan fingerprint density at radius 1 is 1.24 bits per heavy atom. The van der Waals surface area contributed by atoms with Gasteiger partial charge in [0.25, 0.3) is 0 Å². The van der Waals surface area contributed by atoms with E-state index in [0.717, 1.165) is 24.2 Å². The molecule has 0 amide bonds. The average molecular weight is 311 g/mol. The van der Waals surface area contributed by atoms with Crippen molar-refractivity contribution in [2.75, 3.05) is 6.54 Å². The van der Waals surface area contributed by atoms with Crippen LogP contribution in [0.25, 0.3) is 0 Å². The first kappa shape index (κ1) is 16.7. The molecule has 0 radical (unpaired) electrons.